The van der Waals surface area contributed by atoms with E-state index >= 15 is 0 Å². The highest BCUT2D eigenvalue weighted by atomic mass is 16.2. The second-order valence-electron chi connectivity index (χ2n) is 4.74. The Kier molecular flexibility index (Phi) is 3.82. The molecule has 1 aromatic carbocycles. The maximum absolute atomic E-state index is 11.9. The second kappa shape index (κ2) is 6.08. The summed E-state index contributed by atoms with van der Waals surface area (Å²) in [5, 5.41) is 16.0. The number of nitrogens with one attached hydrogen (secondary N) is 3. The van der Waals surface area contributed by atoms with Crippen LogP contribution in [0, 0.1) is 0 Å². The van der Waals surface area contributed by atoms with Crippen LogP contribution in [0.3, 0.4) is 0 Å². The molecule has 0 spiro atoms. The highest BCUT2D eigenvalue weighted by Gasteiger charge is 2.10. The minimum Gasteiger partial charge on any atom is -0.331 e. The van der Waals surface area contributed by atoms with Crippen LogP contribution in [0.15, 0.2) is 49.3 Å². The summed E-state index contributed by atoms with van der Waals surface area (Å²) in [6, 6.07) is 7.33. The molecule has 2 heterocycles. The van der Waals surface area contributed by atoms with Gasteiger partial charge in [0.2, 0.25) is 0 Å². The second-order valence-corrected chi connectivity index (χ2v) is 4.74. The first kappa shape index (κ1) is 13.8. The Bertz CT molecular complexity index is 719. The third-order valence-electron chi connectivity index (χ3n) is 3.18. The number of hydrogen-bond acceptors (Lipinski definition) is 4. The van der Waals surface area contributed by atoms with Crippen LogP contribution in [0.25, 0.3) is 5.69 Å². The van der Waals surface area contributed by atoms with Crippen molar-refractivity contribution in [1.82, 2.24) is 30.3 Å². The summed E-state index contributed by atoms with van der Waals surface area (Å²) in [5.74, 6) is 0. The number of aromatic amines is 1. The summed E-state index contributed by atoms with van der Waals surface area (Å²) in [7, 11) is 0. The molecule has 3 aromatic rings. The van der Waals surface area contributed by atoms with Crippen molar-refractivity contribution in [3.8, 4) is 5.69 Å². The Hall–Kier alpha value is -3.16. The van der Waals surface area contributed by atoms with Gasteiger partial charge in [-0.15, -0.1) is 0 Å². The smallest absolute Gasteiger partial charge is 0.319 e. The van der Waals surface area contributed by atoms with E-state index < -0.39 is 0 Å². The number of amides is 2. The van der Waals surface area contributed by atoms with Gasteiger partial charge in [0.25, 0.3) is 0 Å². The first-order valence-electron chi connectivity index (χ1n) is 6.73. The standard InChI is InChI=1S/C14H15N7O/c1-10(19-14(22)20-12-6-16-17-7-12)11-2-4-13(5-3-11)21-9-15-8-18-21/h2-10H,1H3,(H,16,17)(H2,19,20,22). The van der Waals surface area contributed by atoms with Gasteiger partial charge in [-0.25, -0.2) is 14.5 Å². The molecule has 22 heavy (non-hydrogen) atoms. The maximum Gasteiger partial charge on any atom is 0.319 e. The summed E-state index contributed by atoms with van der Waals surface area (Å²) >= 11 is 0. The van der Waals surface area contributed by atoms with E-state index in [1.807, 2.05) is 31.2 Å². The molecule has 1 unspecified atom stereocenters. The molecule has 2 amide bonds. The summed E-state index contributed by atoms with van der Waals surface area (Å²) in [4.78, 5) is 15.8. The van der Waals surface area contributed by atoms with E-state index in [1.54, 1.807) is 17.2 Å². The quantitative estimate of drug-likeness (QED) is 0.684. The fourth-order valence-corrected chi connectivity index (χ4v) is 2.02. The van der Waals surface area contributed by atoms with Crippen LogP contribution >= 0.6 is 0 Å². The van der Waals surface area contributed by atoms with E-state index in [0.29, 0.717) is 5.69 Å². The lowest BCUT2D eigenvalue weighted by Crippen LogP contribution is -2.31. The lowest BCUT2D eigenvalue weighted by atomic mass is 10.1. The van der Waals surface area contributed by atoms with Gasteiger partial charge >= 0.3 is 6.03 Å². The Labute approximate surface area is 126 Å². The maximum atomic E-state index is 11.9. The molecule has 8 heteroatoms. The highest BCUT2D eigenvalue weighted by Crippen LogP contribution is 2.15. The van der Waals surface area contributed by atoms with Crippen LogP contribution < -0.4 is 10.6 Å². The molecule has 2 aromatic heterocycles. The van der Waals surface area contributed by atoms with E-state index in [2.05, 4.69) is 30.9 Å². The monoisotopic (exact) mass is 297 g/mol. The molecule has 0 bridgehead atoms. The molecule has 0 aliphatic heterocycles. The molecular formula is C14H15N7O. The molecule has 0 saturated carbocycles. The molecule has 0 fully saturated rings. The third kappa shape index (κ3) is 3.11. The molecule has 0 aliphatic carbocycles. The molecule has 1 atom stereocenters. The first-order valence-corrected chi connectivity index (χ1v) is 6.73. The zero-order valence-corrected chi connectivity index (χ0v) is 11.9. The number of H-pyrrole nitrogens is 1. The Balaban J connectivity index is 1.62. The number of nitrogens with zero attached hydrogens (tertiary/aromatic N) is 4. The number of benzene rings is 1. The number of hydrogen-bond donors (Lipinski definition) is 3. The molecule has 0 aliphatic rings. The minimum atomic E-state index is -0.283. The van der Waals surface area contributed by atoms with Crippen molar-refractivity contribution in [2.24, 2.45) is 0 Å². The average molecular weight is 297 g/mol. The van der Waals surface area contributed by atoms with Crippen LogP contribution in [0.4, 0.5) is 10.5 Å². The highest BCUT2D eigenvalue weighted by molar-refractivity contribution is 5.89. The zero-order chi connectivity index (χ0) is 15.4. The fraction of sp³-hybridized carbons (Fsp3) is 0.143. The lowest BCUT2D eigenvalue weighted by Gasteiger charge is -2.15. The topological polar surface area (TPSA) is 101 Å². The SMILES string of the molecule is CC(NC(=O)Nc1cn[nH]c1)c1ccc(-n2cncn2)cc1. The molecule has 112 valence electrons. The van der Waals surface area contributed by atoms with Gasteiger partial charge in [0.05, 0.1) is 23.6 Å². The van der Waals surface area contributed by atoms with Gasteiger partial charge in [-0.1, -0.05) is 12.1 Å². The van der Waals surface area contributed by atoms with E-state index in [1.165, 1.54) is 12.5 Å². The van der Waals surface area contributed by atoms with Gasteiger partial charge in [-0.3, -0.25) is 5.10 Å². The predicted molar refractivity (Wildman–Crippen MR) is 80.5 cm³/mol. The predicted octanol–water partition coefficient (Wildman–Crippen LogP) is 1.87. The van der Waals surface area contributed by atoms with E-state index in [-0.39, 0.29) is 12.1 Å². The van der Waals surface area contributed by atoms with E-state index in [0.717, 1.165) is 11.3 Å². The minimum absolute atomic E-state index is 0.128. The Morgan fingerprint density at radius 1 is 1.32 bits per heavy atom. The van der Waals surface area contributed by atoms with Crippen molar-refractivity contribution < 1.29 is 4.79 Å². The summed E-state index contributed by atoms with van der Waals surface area (Å²) < 4.78 is 1.67. The van der Waals surface area contributed by atoms with Crippen LogP contribution in [0.5, 0.6) is 0 Å². The van der Waals surface area contributed by atoms with E-state index in [9.17, 15) is 4.79 Å². The molecule has 8 nitrogen and oxygen atoms in total. The van der Waals surface area contributed by atoms with Gasteiger partial charge < -0.3 is 10.6 Å². The summed E-state index contributed by atoms with van der Waals surface area (Å²) in [5.41, 5.74) is 2.52. The van der Waals surface area contributed by atoms with Crippen LogP contribution in [-0.4, -0.2) is 31.0 Å². The van der Waals surface area contributed by atoms with Crippen LogP contribution in [0.2, 0.25) is 0 Å². The summed E-state index contributed by atoms with van der Waals surface area (Å²) in [6.45, 7) is 1.92. The first-order chi connectivity index (χ1) is 10.7. The molecule has 0 saturated heterocycles. The van der Waals surface area contributed by atoms with Gasteiger partial charge in [0.1, 0.15) is 12.7 Å². The molecule has 3 rings (SSSR count). The number of rotatable bonds is 4. The van der Waals surface area contributed by atoms with Crippen molar-refractivity contribution in [3.05, 3.63) is 54.9 Å². The van der Waals surface area contributed by atoms with E-state index in [4.69, 9.17) is 0 Å². The van der Waals surface area contributed by atoms with Gasteiger partial charge in [0.15, 0.2) is 0 Å². The number of carbonyl (C=O) groups is 1. The number of aromatic nitrogens is 5. The van der Waals surface area contributed by atoms with Crippen LogP contribution in [-0.2, 0) is 0 Å². The fourth-order valence-electron chi connectivity index (χ4n) is 2.02. The third-order valence-corrected chi connectivity index (χ3v) is 3.18. The van der Waals surface area contributed by atoms with Crippen molar-refractivity contribution in [1.29, 1.82) is 0 Å². The number of carbonyl (C=O) groups excluding carboxylic acids is 1. The largest absolute Gasteiger partial charge is 0.331 e. The van der Waals surface area contributed by atoms with Crippen molar-refractivity contribution in [2.75, 3.05) is 5.32 Å². The summed E-state index contributed by atoms with van der Waals surface area (Å²) in [6.07, 6.45) is 6.27. The van der Waals surface area contributed by atoms with Crippen molar-refractivity contribution >= 4 is 11.7 Å². The van der Waals surface area contributed by atoms with Crippen molar-refractivity contribution in [2.45, 2.75) is 13.0 Å². The van der Waals surface area contributed by atoms with Gasteiger partial charge in [-0.05, 0) is 24.6 Å². The normalized spacial score (nSPS) is 11.9. The van der Waals surface area contributed by atoms with Crippen molar-refractivity contribution in [3.63, 3.8) is 0 Å². The molecular weight excluding hydrogens is 282 g/mol. The van der Waals surface area contributed by atoms with Crippen LogP contribution in [0.1, 0.15) is 18.5 Å². The number of urea groups is 1. The average Bonchev–Trinajstić information content (AvgIpc) is 3.20. The lowest BCUT2D eigenvalue weighted by molar-refractivity contribution is 0.249. The van der Waals surface area contributed by atoms with Gasteiger partial charge in [-0.2, -0.15) is 10.2 Å². The number of anilines is 1. The van der Waals surface area contributed by atoms with Gasteiger partial charge in [0, 0.05) is 6.20 Å². The zero-order valence-electron chi connectivity index (χ0n) is 11.9. The Morgan fingerprint density at radius 3 is 2.77 bits per heavy atom. The molecule has 0 radical (unpaired) electrons. The Morgan fingerprint density at radius 2 is 2.14 bits per heavy atom. The molecule has 3 N–H and O–H groups in total.